The summed E-state index contributed by atoms with van der Waals surface area (Å²) in [4.78, 5) is 32.1. The molecule has 5 nitrogen and oxygen atoms in total. The molecule has 1 saturated carbocycles. The first kappa shape index (κ1) is 13.5. The van der Waals surface area contributed by atoms with Crippen molar-refractivity contribution < 1.29 is 9.59 Å². The van der Waals surface area contributed by atoms with Gasteiger partial charge in [-0.15, -0.1) is 11.3 Å². The van der Waals surface area contributed by atoms with E-state index in [-0.39, 0.29) is 18.4 Å². The first-order valence-electron chi connectivity index (χ1n) is 7.19. The van der Waals surface area contributed by atoms with Crippen LogP contribution < -0.4 is 0 Å². The molecule has 1 aliphatic carbocycles. The number of aromatic nitrogens is 1. The molecule has 0 atom stereocenters. The summed E-state index contributed by atoms with van der Waals surface area (Å²) in [5, 5.41) is 2.90. The molecule has 1 saturated heterocycles. The van der Waals surface area contributed by atoms with Crippen LogP contribution in [0.2, 0.25) is 0 Å². The van der Waals surface area contributed by atoms with Gasteiger partial charge in [0.05, 0.1) is 13.1 Å². The van der Waals surface area contributed by atoms with E-state index in [9.17, 15) is 9.59 Å². The minimum Gasteiger partial charge on any atom is -0.333 e. The molecule has 2 aliphatic rings. The summed E-state index contributed by atoms with van der Waals surface area (Å²) in [5.74, 6) is 0.188. The molecule has 2 fully saturated rings. The van der Waals surface area contributed by atoms with Crippen LogP contribution in [-0.2, 0) is 16.1 Å². The lowest BCUT2D eigenvalue weighted by Gasteiger charge is -2.29. The van der Waals surface area contributed by atoms with Gasteiger partial charge in [0.15, 0.2) is 0 Å². The number of thiazole rings is 1. The van der Waals surface area contributed by atoms with Crippen molar-refractivity contribution in [3.05, 3.63) is 16.6 Å². The summed E-state index contributed by atoms with van der Waals surface area (Å²) in [5.41, 5.74) is 0. The van der Waals surface area contributed by atoms with Gasteiger partial charge in [-0.1, -0.05) is 0 Å². The Balaban J connectivity index is 1.62. The maximum absolute atomic E-state index is 12.5. The molecule has 1 aromatic rings. The first-order chi connectivity index (χ1) is 9.74. The molecule has 0 radical (unpaired) electrons. The third kappa shape index (κ3) is 3.17. The lowest BCUT2D eigenvalue weighted by atomic mass is 10.1. The van der Waals surface area contributed by atoms with Crippen molar-refractivity contribution in [1.29, 1.82) is 0 Å². The van der Waals surface area contributed by atoms with Crippen LogP contribution in [0.1, 0.15) is 37.1 Å². The van der Waals surface area contributed by atoms with Gasteiger partial charge in [0, 0.05) is 30.6 Å². The van der Waals surface area contributed by atoms with Crippen LogP contribution in [0.25, 0.3) is 0 Å². The van der Waals surface area contributed by atoms with E-state index in [2.05, 4.69) is 4.98 Å². The van der Waals surface area contributed by atoms with Gasteiger partial charge >= 0.3 is 0 Å². The summed E-state index contributed by atoms with van der Waals surface area (Å²) >= 11 is 1.57. The van der Waals surface area contributed by atoms with E-state index in [1.807, 2.05) is 10.3 Å². The van der Waals surface area contributed by atoms with Crippen molar-refractivity contribution >= 4 is 23.2 Å². The molecule has 1 aromatic heterocycles. The molecule has 0 spiro atoms. The van der Waals surface area contributed by atoms with E-state index in [0.29, 0.717) is 19.0 Å². The van der Waals surface area contributed by atoms with Gasteiger partial charge in [-0.05, 0) is 25.7 Å². The Morgan fingerprint density at radius 3 is 2.95 bits per heavy atom. The van der Waals surface area contributed by atoms with Crippen molar-refractivity contribution in [1.82, 2.24) is 14.8 Å². The zero-order valence-corrected chi connectivity index (χ0v) is 12.3. The Morgan fingerprint density at radius 1 is 1.45 bits per heavy atom. The van der Waals surface area contributed by atoms with Crippen molar-refractivity contribution in [2.45, 2.75) is 44.7 Å². The van der Waals surface area contributed by atoms with Crippen LogP contribution in [0, 0.1) is 0 Å². The molecule has 1 aliphatic heterocycles. The lowest BCUT2D eigenvalue weighted by Crippen LogP contribution is -2.45. The van der Waals surface area contributed by atoms with Crippen LogP contribution in [0.5, 0.6) is 0 Å². The number of carbonyl (C=O) groups is 2. The third-order valence-corrected chi connectivity index (χ3v) is 4.61. The fourth-order valence-electron chi connectivity index (χ4n) is 2.57. The van der Waals surface area contributed by atoms with E-state index in [0.717, 1.165) is 37.2 Å². The average Bonchev–Trinajstić information content (AvgIpc) is 3.15. The average molecular weight is 293 g/mol. The van der Waals surface area contributed by atoms with Crippen LogP contribution in [0.4, 0.5) is 0 Å². The van der Waals surface area contributed by atoms with Gasteiger partial charge in [-0.25, -0.2) is 4.98 Å². The maximum Gasteiger partial charge on any atom is 0.242 e. The summed E-state index contributed by atoms with van der Waals surface area (Å²) in [7, 11) is 0. The van der Waals surface area contributed by atoms with Crippen LogP contribution in [-0.4, -0.2) is 45.7 Å². The van der Waals surface area contributed by atoms with Gasteiger partial charge < -0.3 is 9.80 Å². The standard InChI is InChI=1S/C14H19N3O2S/c18-13-3-1-2-7-16(13)10-14(19)17(11-4-5-11)9-12-15-6-8-20-12/h6,8,11H,1-5,7,9-10H2. The van der Waals surface area contributed by atoms with Gasteiger partial charge in [0.2, 0.25) is 11.8 Å². The smallest absolute Gasteiger partial charge is 0.242 e. The van der Waals surface area contributed by atoms with Crippen molar-refractivity contribution in [3.8, 4) is 0 Å². The number of piperidine rings is 1. The second-order valence-electron chi connectivity index (χ2n) is 5.45. The number of hydrogen-bond donors (Lipinski definition) is 0. The zero-order valence-electron chi connectivity index (χ0n) is 11.5. The molecule has 0 bridgehead atoms. The fraction of sp³-hybridized carbons (Fsp3) is 0.643. The summed E-state index contributed by atoms with van der Waals surface area (Å²) in [6, 6.07) is 0.353. The quantitative estimate of drug-likeness (QED) is 0.829. The predicted molar refractivity (Wildman–Crippen MR) is 76.1 cm³/mol. The number of rotatable bonds is 5. The third-order valence-electron chi connectivity index (χ3n) is 3.84. The highest BCUT2D eigenvalue weighted by Crippen LogP contribution is 2.29. The largest absolute Gasteiger partial charge is 0.333 e. The molecule has 108 valence electrons. The number of nitrogens with zero attached hydrogens (tertiary/aromatic N) is 3. The van der Waals surface area contributed by atoms with E-state index < -0.39 is 0 Å². The topological polar surface area (TPSA) is 53.5 Å². The van der Waals surface area contributed by atoms with Gasteiger partial charge in [0.1, 0.15) is 5.01 Å². The first-order valence-corrected chi connectivity index (χ1v) is 8.07. The van der Waals surface area contributed by atoms with Crippen LogP contribution >= 0.6 is 11.3 Å². The normalized spacial score (nSPS) is 19.2. The summed E-state index contributed by atoms with van der Waals surface area (Å²) in [6.07, 6.45) is 6.47. The summed E-state index contributed by atoms with van der Waals surface area (Å²) < 4.78 is 0. The fourth-order valence-corrected chi connectivity index (χ4v) is 3.18. The van der Waals surface area contributed by atoms with Crippen molar-refractivity contribution in [3.63, 3.8) is 0 Å². The van der Waals surface area contributed by atoms with Gasteiger partial charge in [-0.3, -0.25) is 9.59 Å². The van der Waals surface area contributed by atoms with E-state index in [4.69, 9.17) is 0 Å². The molecule has 0 N–H and O–H groups in total. The highest BCUT2D eigenvalue weighted by molar-refractivity contribution is 7.09. The second kappa shape index (κ2) is 5.91. The Labute approximate surface area is 122 Å². The minimum absolute atomic E-state index is 0.0675. The molecule has 0 unspecified atom stereocenters. The molecule has 2 amide bonds. The minimum atomic E-state index is 0.0675. The van der Waals surface area contributed by atoms with Crippen LogP contribution in [0.15, 0.2) is 11.6 Å². The van der Waals surface area contributed by atoms with E-state index >= 15 is 0 Å². The Morgan fingerprint density at radius 2 is 2.30 bits per heavy atom. The van der Waals surface area contributed by atoms with Crippen molar-refractivity contribution in [2.75, 3.05) is 13.1 Å². The Bertz CT molecular complexity index is 485. The van der Waals surface area contributed by atoms with Crippen LogP contribution in [0.3, 0.4) is 0 Å². The highest BCUT2D eigenvalue weighted by atomic mass is 32.1. The molecular weight excluding hydrogens is 274 g/mol. The molecule has 3 rings (SSSR count). The number of hydrogen-bond acceptors (Lipinski definition) is 4. The second-order valence-corrected chi connectivity index (χ2v) is 6.43. The monoisotopic (exact) mass is 293 g/mol. The predicted octanol–water partition coefficient (Wildman–Crippen LogP) is 1.65. The maximum atomic E-state index is 12.5. The number of amides is 2. The Hall–Kier alpha value is -1.43. The molecule has 2 heterocycles. The SMILES string of the molecule is O=C1CCCCN1CC(=O)N(Cc1nccs1)C1CC1. The lowest BCUT2D eigenvalue weighted by molar-refractivity contribution is -0.142. The van der Waals surface area contributed by atoms with Gasteiger partial charge in [0.25, 0.3) is 0 Å². The summed E-state index contributed by atoms with van der Waals surface area (Å²) in [6.45, 7) is 1.55. The highest BCUT2D eigenvalue weighted by Gasteiger charge is 2.34. The van der Waals surface area contributed by atoms with Crippen molar-refractivity contribution in [2.24, 2.45) is 0 Å². The molecular formula is C14H19N3O2S. The molecule has 6 heteroatoms. The number of likely N-dealkylation sites (tertiary alicyclic amines) is 1. The zero-order chi connectivity index (χ0) is 13.9. The van der Waals surface area contributed by atoms with E-state index in [1.165, 1.54) is 0 Å². The molecule has 20 heavy (non-hydrogen) atoms. The Kier molecular flexibility index (Phi) is 4.00. The van der Waals surface area contributed by atoms with Gasteiger partial charge in [-0.2, -0.15) is 0 Å². The van der Waals surface area contributed by atoms with E-state index in [1.54, 1.807) is 22.4 Å². The number of carbonyl (C=O) groups excluding carboxylic acids is 2. The molecule has 0 aromatic carbocycles.